The van der Waals surface area contributed by atoms with E-state index in [-0.39, 0.29) is 30.7 Å². The lowest BCUT2D eigenvalue weighted by Crippen LogP contribution is -2.57. The number of nitrogens with two attached hydrogens (primary N) is 2. The standard InChI is InChI=1S/C16H32N4O4/c1-9(2)7-12(8-18)15(23)20-14(11(4)22)16(24)19-13(5-6-17)10(3)21/h9,11-14,22H,5-8,17-18H2,1-4H3,(H,19,24)(H,20,23)/t11-,12?,13-,14-/m0/s1. The van der Waals surface area contributed by atoms with Crippen molar-refractivity contribution in [1.82, 2.24) is 10.6 Å². The molecule has 0 aromatic heterocycles. The van der Waals surface area contributed by atoms with Crippen LogP contribution in [0.2, 0.25) is 0 Å². The number of Topliss-reactive ketones (excluding diaryl/α,β-unsaturated/α-hetero) is 1. The van der Waals surface area contributed by atoms with Crippen molar-refractivity contribution in [2.45, 2.75) is 58.7 Å². The van der Waals surface area contributed by atoms with Crippen molar-refractivity contribution in [1.29, 1.82) is 0 Å². The van der Waals surface area contributed by atoms with Gasteiger partial charge in [-0.15, -0.1) is 0 Å². The van der Waals surface area contributed by atoms with Crippen molar-refractivity contribution in [3.63, 3.8) is 0 Å². The van der Waals surface area contributed by atoms with Gasteiger partial charge in [-0.2, -0.15) is 0 Å². The van der Waals surface area contributed by atoms with Gasteiger partial charge in [-0.3, -0.25) is 14.4 Å². The Hall–Kier alpha value is -1.51. The number of hydrogen-bond donors (Lipinski definition) is 5. The summed E-state index contributed by atoms with van der Waals surface area (Å²) in [6, 6.07) is -1.89. The van der Waals surface area contributed by atoms with Crippen LogP contribution in [-0.4, -0.2) is 54.0 Å². The summed E-state index contributed by atoms with van der Waals surface area (Å²) >= 11 is 0. The average Bonchev–Trinajstić information content (AvgIpc) is 2.48. The van der Waals surface area contributed by atoms with E-state index in [1.165, 1.54) is 13.8 Å². The number of nitrogens with one attached hydrogen (secondary N) is 2. The normalized spacial score (nSPS) is 16.2. The predicted molar refractivity (Wildman–Crippen MR) is 91.9 cm³/mol. The SMILES string of the molecule is CC(=O)[C@H](CCN)NC(=O)[C@@H](NC(=O)C(CN)CC(C)C)[C@H](C)O. The number of ketones is 1. The number of carbonyl (C=O) groups excluding carboxylic acids is 3. The molecule has 0 aromatic carbocycles. The third-order valence-corrected chi connectivity index (χ3v) is 3.74. The zero-order valence-corrected chi connectivity index (χ0v) is 15.0. The van der Waals surface area contributed by atoms with Gasteiger partial charge in [0, 0.05) is 6.54 Å². The van der Waals surface area contributed by atoms with Crippen LogP contribution >= 0.6 is 0 Å². The molecule has 7 N–H and O–H groups in total. The fourth-order valence-electron chi connectivity index (χ4n) is 2.36. The van der Waals surface area contributed by atoms with E-state index in [2.05, 4.69) is 10.6 Å². The molecule has 0 rings (SSSR count). The van der Waals surface area contributed by atoms with Gasteiger partial charge in [0.15, 0.2) is 5.78 Å². The van der Waals surface area contributed by atoms with Gasteiger partial charge in [0.25, 0.3) is 0 Å². The number of amides is 2. The Kier molecular flexibility index (Phi) is 10.4. The molecular weight excluding hydrogens is 312 g/mol. The third-order valence-electron chi connectivity index (χ3n) is 3.74. The number of hydrogen-bond acceptors (Lipinski definition) is 6. The molecule has 0 fully saturated rings. The van der Waals surface area contributed by atoms with Crippen molar-refractivity contribution in [3.05, 3.63) is 0 Å². The number of aliphatic hydroxyl groups excluding tert-OH is 1. The Morgan fingerprint density at radius 1 is 1.04 bits per heavy atom. The first kappa shape index (κ1) is 22.5. The number of rotatable bonds is 11. The molecule has 0 aliphatic rings. The highest BCUT2D eigenvalue weighted by atomic mass is 16.3. The summed E-state index contributed by atoms with van der Waals surface area (Å²) in [6.07, 6.45) is -0.239. The topological polar surface area (TPSA) is 148 Å². The lowest BCUT2D eigenvalue weighted by atomic mass is 9.95. The van der Waals surface area contributed by atoms with Crippen LogP contribution in [0.5, 0.6) is 0 Å². The van der Waals surface area contributed by atoms with Crippen LogP contribution in [0.3, 0.4) is 0 Å². The molecule has 8 nitrogen and oxygen atoms in total. The van der Waals surface area contributed by atoms with Crippen molar-refractivity contribution in [2.24, 2.45) is 23.3 Å². The highest BCUT2D eigenvalue weighted by Gasteiger charge is 2.30. The highest BCUT2D eigenvalue weighted by molar-refractivity contribution is 5.92. The second-order valence-corrected chi connectivity index (χ2v) is 6.54. The maximum absolute atomic E-state index is 12.3. The maximum Gasteiger partial charge on any atom is 0.245 e. The van der Waals surface area contributed by atoms with E-state index < -0.39 is 30.0 Å². The van der Waals surface area contributed by atoms with E-state index in [1.54, 1.807) is 0 Å². The Labute approximate surface area is 143 Å². The van der Waals surface area contributed by atoms with Crippen molar-refractivity contribution >= 4 is 17.6 Å². The molecule has 0 aromatic rings. The summed E-state index contributed by atoms with van der Waals surface area (Å²) in [4.78, 5) is 36.2. The molecule has 140 valence electrons. The number of carbonyl (C=O) groups is 3. The van der Waals surface area contributed by atoms with E-state index in [9.17, 15) is 19.5 Å². The Morgan fingerprint density at radius 2 is 1.62 bits per heavy atom. The predicted octanol–water partition coefficient (Wildman–Crippen LogP) is -1.10. The molecule has 0 spiro atoms. The molecule has 0 aliphatic heterocycles. The van der Waals surface area contributed by atoms with Gasteiger partial charge in [-0.25, -0.2) is 0 Å². The van der Waals surface area contributed by atoms with Gasteiger partial charge in [0.1, 0.15) is 6.04 Å². The van der Waals surface area contributed by atoms with Gasteiger partial charge in [0.2, 0.25) is 11.8 Å². The summed E-state index contributed by atoms with van der Waals surface area (Å²) in [5.74, 6) is -1.40. The minimum Gasteiger partial charge on any atom is -0.391 e. The monoisotopic (exact) mass is 344 g/mol. The van der Waals surface area contributed by atoms with Crippen LogP contribution in [0.25, 0.3) is 0 Å². The maximum atomic E-state index is 12.3. The summed E-state index contributed by atoms with van der Waals surface area (Å²) < 4.78 is 0. The minimum absolute atomic E-state index is 0.154. The summed E-state index contributed by atoms with van der Waals surface area (Å²) in [6.45, 7) is 7.08. The summed E-state index contributed by atoms with van der Waals surface area (Å²) in [5.41, 5.74) is 11.1. The van der Waals surface area contributed by atoms with Crippen LogP contribution in [-0.2, 0) is 14.4 Å². The van der Waals surface area contributed by atoms with Crippen LogP contribution in [0.15, 0.2) is 0 Å². The Morgan fingerprint density at radius 3 is 2.00 bits per heavy atom. The molecule has 0 saturated carbocycles. The van der Waals surface area contributed by atoms with Crippen LogP contribution in [0.1, 0.15) is 40.5 Å². The summed E-state index contributed by atoms with van der Waals surface area (Å²) in [5, 5.41) is 14.9. The van der Waals surface area contributed by atoms with Crippen molar-refractivity contribution < 1.29 is 19.5 Å². The van der Waals surface area contributed by atoms with Crippen molar-refractivity contribution in [2.75, 3.05) is 13.1 Å². The van der Waals surface area contributed by atoms with Crippen molar-refractivity contribution in [3.8, 4) is 0 Å². The molecule has 1 unspecified atom stereocenters. The fourth-order valence-corrected chi connectivity index (χ4v) is 2.36. The molecule has 0 radical (unpaired) electrons. The first-order valence-electron chi connectivity index (χ1n) is 8.33. The van der Waals surface area contributed by atoms with E-state index in [0.29, 0.717) is 12.8 Å². The van der Waals surface area contributed by atoms with Crippen LogP contribution < -0.4 is 22.1 Å². The van der Waals surface area contributed by atoms with Gasteiger partial charge >= 0.3 is 0 Å². The smallest absolute Gasteiger partial charge is 0.245 e. The molecule has 4 atom stereocenters. The summed E-state index contributed by atoms with van der Waals surface area (Å²) in [7, 11) is 0. The van der Waals surface area contributed by atoms with E-state index in [4.69, 9.17) is 11.5 Å². The minimum atomic E-state index is -1.15. The first-order valence-corrected chi connectivity index (χ1v) is 8.33. The average molecular weight is 344 g/mol. The molecule has 0 heterocycles. The molecule has 0 aliphatic carbocycles. The van der Waals surface area contributed by atoms with E-state index >= 15 is 0 Å². The molecule has 24 heavy (non-hydrogen) atoms. The van der Waals surface area contributed by atoms with Crippen LogP contribution in [0, 0.1) is 11.8 Å². The Bertz CT molecular complexity index is 426. The van der Waals surface area contributed by atoms with Crippen LogP contribution in [0.4, 0.5) is 0 Å². The molecular formula is C16H32N4O4. The quantitative estimate of drug-likeness (QED) is 0.321. The fraction of sp³-hybridized carbons (Fsp3) is 0.812. The lowest BCUT2D eigenvalue weighted by molar-refractivity contribution is -0.135. The molecule has 0 bridgehead atoms. The molecule has 0 saturated heterocycles. The highest BCUT2D eigenvalue weighted by Crippen LogP contribution is 2.11. The molecule has 2 amide bonds. The first-order chi connectivity index (χ1) is 11.1. The van der Waals surface area contributed by atoms with E-state index in [0.717, 1.165) is 0 Å². The lowest BCUT2D eigenvalue weighted by Gasteiger charge is -2.26. The zero-order valence-electron chi connectivity index (χ0n) is 15.0. The van der Waals surface area contributed by atoms with Gasteiger partial charge in [-0.1, -0.05) is 13.8 Å². The second kappa shape index (κ2) is 11.1. The molecule has 8 heteroatoms. The third kappa shape index (κ3) is 7.85. The van der Waals surface area contributed by atoms with Gasteiger partial charge in [-0.05, 0) is 39.2 Å². The second-order valence-electron chi connectivity index (χ2n) is 6.54. The van der Waals surface area contributed by atoms with Gasteiger partial charge < -0.3 is 27.2 Å². The largest absolute Gasteiger partial charge is 0.391 e. The van der Waals surface area contributed by atoms with E-state index in [1.807, 2.05) is 13.8 Å². The van der Waals surface area contributed by atoms with Gasteiger partial charge in [0.05, 0.1) is 18.1 Å². The Balaban J connectivity index is 4.98. The number of aliphatic hydroxyl groups is 1. The zero-order chi connectivity index (χ0) is 18.9.